The summed E-state index contributed by atoms with van der Waals surface area (Å²) in [5, 5.41) is 9.31. The summed E-state index contributed by atoms with van der Waals surface area (Å²) in [6.45, 7) is 6.39. The maximum Gasteiger partial charge on any atom is 0.255 e. The second kappa shape index (κ2) is 10.6. The monoisotopic (exact) mass is 479 g/mol. The van der Waals surface area contributed by atoms with Gasteiger partial charge in [-0.05, 0) is 71.2 Å². The fourth-order valence-corrected chi connectivity index (χ4v) is 3.48. The lowest BCUT2D eigenvalue weighted by atomic mass is 9.87. The normalized spacial score (nSPS) is 10.9. The molecule has 0 radical (unpaired) electrons. The van der Waals surface area contributed by atoms with E-state index in [-0.39, 0.29) is 28.8 Å². The van der Waals surface area contributed by atoms with E-state index in [0.29, 0.717) is 22.0 Å². The molecule has 0 saturated carbocycles. The minimum Gasteiger partial charge on any atom is -0.332 e. The number of amides is 2. The van der Waals surface area contributed by atoms with Crippen LogP contribution in [0, 0.1) is 0 Å². The molecule has 170 valence electrons. The van der Waals surface area contributed by atoms with Crippen molar-refractivity contribution >= 4 is 52.1 Å². The number of carbonyl (C=O) groups is 2. The molecular formula is C26H26ClN3O2S. The number of benzene rings is 3. The summed E-state index contributed by atoms with van der Waals surface area (Å²) in [4.78, 5) is 24.9. The Morgan fingerprint density at radius 2 is 1.48 bits per heavy atom. The Hall–Kier alpha value is -3.22. The Bertz CT molecular complexity index is 1150. The fourth-order valence-electron chi connectivity index (χ4n) is 3.12. The van der Waals surface area contributed by atoms with Gasteiger partial charge in [-0.2, -0.15) is 0 Å². The van der Waals surface area contributed by atoms with Gasteiger partial charge in [-0.3, -0.25) is 9.59 Å². The molecule has 0 aliphatic carbocycles. The molecule has 0 spiro atoms. The van der Waals surface area contributed by atoms with E-state index >= 15 is 0 Å². The highest BCUT2D eigenvalue weighted by Crippen LogP contribution is 2.23. The topological polar surface area (TPSA) is 70.2 Å². The highest BCUT2D eigenvalue weighted by atomic mass is 35.5. The number of thiocarbonyl (C=S) groups is 1. The van der Waals surface area contributed by atoms with Crippen molar-refractivity contribution in [1.82, 2.24) is 5.32 Å². The fraction of sp³-hybridized carbons (Fsp3) is 0.192. The van der Waals surface area contributed by atoms with E-state index in [0.717, 1.165) is 11.1 Å². The summed E-state index contributed by atoms with van der Waals surface area (Å²) in [5.74, 6) is -0.440. The van der Waals surface area contributed by atoms with Gasteiger partial charge in [-0.1, -0.05) is 62.7 Å². The molecule has 3 aromatic carbocycles. The number of carbonyl (C=O) groups excluding carboxylic acids is 2. The zero-order chi connectivity index (χ0) is 24.0. The number of rotatable bonds is 5. The smallest absolute Gasteiger partial charge is 0.255 e. The van der Waals surface area contributed by atoms with Crippen molar-refractivity contribution < 1.29 is 9.59 Å². The summed E-state index contributed by atoms with van der Waals surface area (Å²) >= 11 is 11.1. The SMILES string of the molecule is CC(C)(C)c1ccc(C(=O)Nc2cccc(NC(=S)NC(=O)Cc3ccc(Cl)cc3)c2)cc1. The summed E-state index contributed by atoms with van der Waals surface area (Å²) in [7, 11) is 0. The van der Waals surface area contributed by atoms with E-state index in [1.165, 1.54) is 0 Å². The van der Waals surface area contributed by atoms with E-state index in [2.05, 4.69) is 36.7 Å². The zero-order valence-electron chi connectivity index (χ0n) is 18.7. The molecule has 7 heteroatoms. The Morgan fingerprint density at radius 3 is 2.09 bits per heavy atom. The third-order valence-corrected chi connectivity index (χ3v) is 5.38. The minimum absolute atomic E-state index is 0.0255. The van der Waals surface area contributed by atoms with Crippen LogP contribution in [0.3, 0.4) is 0 Å². The summed E-state index contributed by atoms with van der Waals surface area (Å²) in [5.41, 5.74) is 3.86. The lowest BCUT2D eigenvalue weighted by molar-refractivity contribution is -0.119. The lowest BCUT2D eigenvalue weighted by Crippen LogP contribution is -2.35. The zero-order valence-corrected chi connectivity index (χ0v) is 20.3. The van der Waals surface area contributed by atoms with Crippen LogP contribution in [0.25, 0.3) is 0 Å². The van der Waals surface area contributed by atoms with Crippen LogP contribution in [0.1, 0.15) is 42.3 Å². The predicted octanol–water partition coefficient (Wildman–Crippen LogP) is 5.95. The van der Waals surface area contributed by atoms with Gasteiger partial charge in [0, 0.05) is 22.0 Å². The van der Waals surface area contributed by atoms with Gasteiger partial charge in [0.25, 0.3) is 5.91 Å². The first-order valence-electron chi connectivity index (χ1n) is 10.5. The Kier molecular flexibility index (Phi) is 7.84. The van der Waals surface area contributed by atoms with Crippen molar-refractivity contribution in [2.75, 3.05) is 10.6 Å². The van der Waals surface area contributed by atoms with Crippen molar-refractivity contribution in [3.05, 3.63) is 94.5 Å². The Labute approximate surface area is 204 Å². The molecular weight excluding hydrogens is 454 g/mol. The molecule has 3 aromatic rings. The highest BCUT2D eigenvalue weighted by molar-refractivity contribution is 7.80. The molecule has 0 heterocycles. The van der Waals surface area contributed by atoms with E-state index in [4.69, 9.17) is 23.8 Å². The van der Waals surface area contributed by atoms with Crippen LogP contribution in [0.2, 0.25) is 5.02 Å². The molecule has 33 heavy (non-hydrogen) atoms. The van der Waals surface area contributed by atoms with Gasteiger partial charge in [0.05, 0.1) is 6.42 Å². The number of hydrogen-bond acceptors (Lipinski definition) is 3. The van der Waals surface area contributed by atoms with Crippen LogP contribution >= 0.6 is 23.8 Å². The van der Waals surface area contributed by atoms with Crippen LogP contribution in [-0.4, -0.2) is 16.9 Å². The van der Waals surface area contributed by atoms with Gasteiger partial charge < -0.3 is 16.0 Å². The van der Waals surface area contributed by atoms with E-state index in [9.17, 15) is 9.59 Å². The first kappa shape index (κ1) is 24.4. The van der Waals surface area contributed by atoms with Crippen LogP contribution in [0.5, 0.6) is 0 Å². The van der Waals surface area contributed by atoms with Crippen LogP contribution in [0.15, 0.2) is 72.8 Å². The van der Waals surface area contributed by atoms with Crippen molar-refractivity contribution in [1.29, 1.82) is 0 Å². The molecule has 0 saturated heterocycles. The summed E-state index contributed by atoms with van der Waals surface area (Å²) in [6.07, 6.45) is 0.184. The molecule has 0 aliphatic rings. The largest absolute Gasteiger partial charge is 0.332 e. The average Bonchev–Trinajstić information content (AvgIpc) is 2.75. The van der Waals surface area contributed by atoms with E-state index < -0.39 is 0 Å². The summed E-state index contributed by atoms with van der Waals surface area (Å²) in [6, 6.07) is 21.8. The van der Waals surface area contributed by atoms with Gasteiger partial charge in [-0.25, -0.2) is 0 Å². The molecule has 3 N–H and O–H groups in total. The number of anilines is 2. The van der Waals surface area contributed by atoms with Crippen LogP contribution in [-0.2, 0) is 16.6 Å². The average molecular weight is 480 g/mol. The molecule has 0 bridgehead atoms. The second-order valence-corrected chi connectivity index (χ2v) is 9.51. The lowest BCUT2D eigenvalue weighted by Gasteiger charge is -2.19. The first-order chi connectivity index (χ1) is 15.6. The third kappa shape index (κ3) is 7.41. The Morgan fingerprint density at radius 1 is 0.879 bits per heavy atom. The highest BCUT2D eigenvalue weighted by Gasteiger charge is 2.14. The van der Waals surface area contributed by atoms with Crippen molar-refractivity contribution in [2.45, 2.75) is 32.6 Å². The maximum atomic E-state index is 12.6. The minimum atomic E-state index is -0.238. The molecule has 0 aliphatic heterocycles. The molecule has 0 unspecified atom stereocenters. The van der Waals surface area contributed by atoms with Crippen LogP contribution < -0.4 is 16.0 Å². The number of nitrogens with one attached hydrogen (secondary N) is 3. The van der Waals surface area contributed by atoms with Gasteiger partial charge in [0.1, 0.15) is 0 Å². The number of hydrogen-bond donors (Lipinski definition) is 3. The van der Waals surface area contributed by atoms with Gasteiger partial charge in [0.2, 0.25) is 5.91 Å². The predicted molar refractivity (Wildman–Crippen MR) is 139 cm³/mol. The first-order valence-corrected chi connectivity index (χ1v) is 11.3. The van der Waals surface area contributed by atoms with Crippen molar-refractivity contribution in [2.24, 2.45) is 0 Å². The summed E-state index contributed by atoms with van der Waals surface area (Å²) < 4.78 is 0. The molecule has 3 rings (SSSR count). The second-order valence-electron chi connectivity index (χ2n) is 8.67. The van der Waals surface area contributed by atoms with Gasteiger partial charge >= 0.3 is 0 Å². The maximum absolute atomic E-state index is 12.6. The molecule has 0 atom stereocenters. The van der Waals surface area contributed by atoms with Crippen molar-refractivity contribution in [3.8, 4) is 0 Å². The molecule has 0 aromatic heterocycles. The van der Waals surface area contributed by atoms with Gasteiger partial charge in [-0.15, -0.1) is 0 Å². The Balaban J connectivity index is 1.56. The molecule has 5 nitrogen and oxygen atoms in total. The standard InChI is InChI=1S/C26H26ClN3O2S/c1-26(2,3)19-11-9-18(10-12-19)24(32)28-21-5-4-6-22(16-21)29-25(33)30-23(31)15-17-7-13-20(27)14-8-17/h4-14,16H,15H2,1-3H3,(H,28,32)(H2,29,30,31,33). The molecule has 2 amide bonds. The quantitative estimate of drug-likeness (QED) is 0.396. The van der Waals surface area contributed by atoms with E-state index in [1.807, 2.05) is 24.3 Å². The van der Waals surface area contributed by atoms with Crippen molar-refractivity contribution in [3.63, 3.8) is 0 Å². The van der Waals surface area contributed by atoms with Gasteiger partial charge in [0.15, 0.2) is 5.11 Å². The number of halogens is 1. The van der Waals surface area contributed by atoms with Crippen LogP contribution in [0.4, 0.5) is 11.4 Å². The third-order valence-electron chi connectivity index (χ3n) is 4.92. The molecule has 0 fully saturated rings. The van der Waals surface area contributed by atoms with E-state index in [1.54, 1.807) is 48.5 Å².